The first-order chi connectivity index (χ1) is 16.7. The number of carbonyl (C=O) groups is 1. The van der Waals surface area contributed by atoms with E-state index in [-0.39, 0.29) is 23.8 Å². The molecular formula is C26H25F3N4O2. The predicted molar refractivity (Wildman–Crippen MR) is 125 cm³/mol. The summed E-state index contributed by atoms with van der Waals surface area (Å²) in [6.45, 7) is 1.87. The minimum absolute atomic E-state index is 0.0745. The van der Waals surface area contributed by atoms with E-state index in [2.05, 4.69) is 4.98 Å². The Labute approximate surface area is 200 Å². The largest absolute Gasteiger partial charge is 0.417 e. The van der Waals surface area contributed by atoms with Crippen molar-refractivity contribution in [2.45, 2.75) is 19.0 Å². The SMILES string of the molecule is N#Cc1ccc(N2CC(CO)C3(CCN(C(=O)c4cc5ccccc5[nH]4)CC3)C2)cc1C(F)(F)F. The van der Waals surface area contributed by atoms with Crippen LogP contribution in [0.1, 0.15) is 34.5 Å². The van der Waals surface area contributed by atoms with Crippen molar-refractivity contribution in [1.82, 2.24) is 9.88 Å². The van der Waals surface area contributed by atoms with Crippen molar-refractivity contribution in [3.8, 4) is 6.07 Å². The molecule has 1 amide bonds. The number of hydrogen-bond donors (Lipinski definition) is 2. The average Bonchev–Trinajstić information content (AvgIpc) is 3.45. The predicted octanol–water partition coefficient (Wildman–Crippen LogP) is 4.41. The molecule has 0 bridgehead atoms. The van der Waals surface area contributed by atoms with E-state index >= 15 is 0 Å². The van der Waals surface area contributed by atoms with Gasteiger partial charge < -0.3 is 19.9 Å². The number of carbonyl (C=O) groups excluding carboxylic acids is 1. The van der Waals surface area contributed by atoms with Crippen molar-refractivity contribution >= 4 is 22.5 Å². The van der Waals surface area contributed by atoms with Gasteiger partial charge in [0.25, 0.3) is 5.91 Å². The second-order valence-corrected chi connectivity index (χ2v) is 9.52. The van der Waals surface area contributed by atoms with Crippen LogP contribution >= 0.6 is 0 Å². The Balaban J connectivity index is 1.33. The van der Waals surface area contributed by atoms with Crippen LogP contribution in [0.3, 0.4) is 0 Å². The number of piperidine rings is 1. The van der Waals surface area contributed by atoms with Gasteiger partial charge in [-0.05, 0) is 48.6 Å². The maximum atomic E-state index is 13.5. The lowest BCUT2D eigenvalue weighted by Gasteiger charge is -2.42. The van der Waals surface area contributed by atoms with E-state index in [9.17, 15) is 23.1 Å². The summed E-state index contributed by atoms with van der Waals surface area (Å²) in [6.07, 6.45) is -3.31. The highest BCUT2D eigenvalue weighted by Crippen LogP contribution is 2.46. The summed E-state index contributed by atoms with van der Waals surface area (Å²) < 4.78 is 40.4. The van der Waals surface area contributed by atoms with Crippen molar-refractivity contribution in [1.29, 1.82) is 5.26 Å². The topological polar surface area (TPSA) is 83.4 Å². The first kappa shape index (κ1) is 23.2. The van der Waals surface area contributed by atoms with Crippen molar-refractivity contribution < 1.29 is 23.1 Å². The summed E-state index contributed by atoms with van der Waals surface area (Å²) in [5.74, 6) is -0.189. The molecule has 2 saturated heterocycles. The van der Waals surface area contributed by atoms with Crippen LogP contribution < -0.4 is 4.90 Å². The highest BCUT2D eigenvalue weighted by molar-refractivity contribution is 5.98. The monoisotopic (exact) mass is 482 g/mol. The minimum atomic E-state index is -4.62. The Kier molecular flexibility index (Phi) is 5.72. The summed E-state index contributed by atoms with van der Waals surface area (Å²) in [7, 11) is 0. The molecule has 1 spiro atoms. The van der Waals surface area contributed by atoms with E-state index < -0.39 is 17.3 Å². The summed E-state index contributed by atoms with van der Waals surface area (Å²) in [5.41, 5.74) is 0.180. The lowest BCUT2D eigenvalue weighted by Crippen LogP contribution is -2.47. The van der Waals surface area contributed by atoms with Crippen molar-refractivity contribution in [3.05, 3.63) is 65.4 Å². The third-order valence-corrected chi connectivity index (χ3v) is 7.63. The molecule has 2 aliphatic rings. The Hall–Kier alpha value is -3.51. The number of H-pyrrole nitrogens is 1. The second kappa shape index (κ2) is 8.61. The molecule has 2 fully saturated rings. The van der Waals surface area contributed by atoms with Crippen molar-refractivity contribution in [2.75, 3.05) is 37.7 Å². The number of likely N-dealkylation sites (tertiary alicyclic amines) is 1. The van der Waals surface area contributed by atoms with Gasteiger partial charge in [-0.25, -0.2) is 0 Å². The van der Waals surface area contributed by atoms with E-state index in [1.807, 2.05) is 35.2 Å². The van der Waals surface area contributed by atoms with Crippen LogP contribution in [0.2, 0.25) is 0 Å². The molecule has 35 heavy (non-hydrogen) atoms. The summed E-state index contributed by atoms with van der Waals surface area (Å²) in [5, 5.41) is 20.2. The molecule has 1 aromatic heterocycles. The molecule has 2 N–H and O–H groups in total. The highest BCUT2D eigenvalue weighted by atomic mass is 19.4. The van der Waals surface area contributed by atoms with Crippen molar-refractivity contribution in [3.63, 3.8) is 0 Å². The first-order valence-electron chi connectivity index (χ1n) is 11.6. The van der Waals surface area contributed by atoms with Crippen LogP contribution in [0.25, 0.3) is 10.9 Å². The number of fused-ring (bicyclic) bond motifs is 1. The van der Waals surface area contributed by atoms with E-state index in [4.69, 9.17) is 5.26 Å². The Morgan fingerprint density at radius 3 is 2.57 bits per heavy atom. The number of para-hydroxylation sites is 1. The third kappa shape index (κ3) is 4.12. The number of halogens is 3. The Morgan fingerprint density at radius 1 is 1.17 bits per heavy atom. The molecule has 5 rings (SSSR count). The van der Waals surface area contributed by atoms with E-state index in [0.29, 0.717) is 50.4 Å². The highest BCUT2D eigenvalue weighted by Gasteiger charge is 2.48. The number of aromatic nitrogens is 1. The first-order valence-corrected chi connectivity index (χ1v) is 11.6. The van der Waals surface area contributed by atoms with Gasteiger partial charge >= 0.3 is 6.18 Å². The number of aliphatic hydroxyl groups is 1. The van der Waals surface area contributed by atoms with E-state index in [0.717, 1.165) is 17.0 Å². The number of rotatable bonds is 3. The average molecular weight is 483 g/mol. The number of benzene rings is 2. The molecule has 9 heteroatoms. The lowest BCUT2D eigenvalue weighted by atomic mass is 9.71. The molecule has 0 aliphatic carbocycles. The number of amides is 1. The molecule has 1 atom stereocenters. The quantitative estimate of drug-likeness (QED) is 0.579. The number of nitriles is 1. The molecule has 1 unspecified atom stereocenters. The van der Waals surface area contributed by atoms with Gasteiger partial charge in [0.1, 0.15) is 5.69 Å². The van der Waals surface area contributed by atoms with Crippen LogP contribution in [-0.2, 0) is 6.18 Å². The van der Waals surface area contributed by atoms with Gasteiger partial charge in [0, 0.05) is 55.3 Å². The molecular weight excluding hydrogens is 457 g/mol. The van der Waals surface area contributed by atoms with Gasteiger partial charge in [-0.1, -0.05) is 18.2 Å². The number of hydrogen-bond acceptors (Lipinski definition) is 4. The zero-order valence-corrected chi connectivity index (χ0v) is 19.0. The maximum absolute atomic E-state index is 13.5. The number of aromatic amines is 1. The van der Waals surface area contributed by atoms with Gasteiger partial charge in [-0.2, -0.15) is 18.4 Å². The molecule has 3 aromatic rings. The van der Waals surface area contributed by atoms with Crippen LogP contribution in [-0.4, -0.2) is 53.7 Å². The van der Waals surface area contributed by atoms with Crippen LogP contribution in [0.5, 0.6) is 0 Å². The van der Waals surface area contributed by atoms with Gasteiger partial charge in [0.05, 0.1) is 17.2 Å². The fraction of sp³-hybridized carbons (Fsp3) is 0.385. The number of anilines is 1. The molecule has 0 radical (unpaired) electrons. The fourth-order valence-corrected chi connectivity index (χ4v) is 5.62. The van der Waals surface area contributed by atoms with Crippen LogP contribution in [0.15, 0.2) is 48.5 Å². The number of aliphatic hydroxyl groups excluding tert-OH is 1. The fourth-order valence-electron chi connectivity index (χ4n) is 5.62. The second-order valence-electron chi connectivity index (χ2n) is 9.52. The lowest BCUT2D eigenvalue weighted by molar-refractivity contribution is -0.137. The third-order valence-electron chi connectivity index (χ3n) is 7.63. The number of nitrogens with zero attached hydrogens (tertiary/aromatic N) is 3. The molecule has 2 aliphatic heterocycles. The molecule has 182 valence electrons. The molecule has 0 saturated carbocycles. The Morgan fingerprint density at radius 2 is 1.91 bits per heavy atom. The zero-order valence-electron chi connectivity index (χ0n) is 19.0. The maximum Gasteiger partial charge on any atom is 0.417 e. The smallest absolute Gasteiger partial charge is 0.396 e. The summed E-state index contributed by atoms with van der Waals surface area (Å²) in [4.78, 5) is 19.9. The van der Waals surface area contributed by atoms with Crippen molar-refractivity contribution in [2.24, 2.45) is 11.3 Å². The standard InChI is InChI=1S/C26H25F3N4O2/c27-26(28,29)21-12-20(6-5-18(21)13-30)33-14-19(15-34)25(16-33)7-9-32(10-8-25)24(35)23-11-17-3-1-2-4-22(17)31-23/h1-6,11-12,19,31,34H,7-10,14-16H2. The molecule has 2 aromatic carbocycles. The van der Waals surface area contributed by atoms with E-state index in [1.54, 1.807) is 11.0 Å². The minimum Gasteiger partial charge on any atom is -0.396 e. The van der Waals surface area contributed by atoms with E-state index in [1.165, 1.54) is 12.1 Å². The summed E-state index contributed by atoms with van der Waals surface area (Å²) >= 11 is 0. The van der Waals surface area contributed by atoms with Gasteiger partial charge in [-0.15, -0.1) is 0 Å². The zero-order chi connectivity index (χ0) is 24.8. The van der Waals surface area contributed by atoms with Gasteiger partial charge in [0.15, 0.2) is 0 Å². The Bertz CT molecular complexity index is 1270. The van der Waals surface area contributed by atoms with Gasteiger partial charge in [0.2, 0.25) is 0 Å². The van der Waals surface area contributed by atoms with Crippen LogP contribution in [0.4, 0.5) is 18.9 Å². The number of nitrogens with one attached hydrogen (secondary N) is 1. The van der Waals surface area contributed by atoms with Crippen LogP contribution in [0, 0.1) is 22.7 Å². The molecule has 6 nitrogen and oxygen atoms in total. The number of alkyl halides is 3. The molecule has 3 heterocycles. The normalized spacial score (nSPS) is 19.9. The summed E-state index contributed by atoms with van der Waals surface area (Å²) in [6, 6.07) is 14.9. The van der Waals surface area contributed by atoms with Gasteiger partial charge in [-0.3, -0.25) is 4.79 Å².